The predicted octanol–water partition coefficient (Wildman–Crippen LogP) is 3.56. The van der Waals surface area contributed by atoms with Crippen molar-refractivity contribution >= 4 is 16.9 Å². The fourth-order valence-electron chi connectivity index (χ4n) is 3.74. The second-order valence-corrected chi connectivity index (χ2v) is 7.30. The number of aromatic nitrogens is 1. The van der Waals surface area contributed by atoms with Gasteiger partial charge < -0.3 is 15.5 Å². The highest BCUT2D eigenvalue weighted by molar-refractivity contribution is 5.83. The molecule has 0 radical (unpaired) electrons. The SMILES string of the molecule is CN=C(NCCCCCN1CCCCC1)NCc1ccnc2ccccc12. The summed E-state index contributed by atoms with van der Waals surface area (Å²) in [5.74, 6) is 0.868. The van der Waals surface area contributed by atoms with Crippen LogP contribution in [0.4, 0.5) is 0 Å². The molecule has 1 fully saturated rings. The molecule has 0 bridgehead atoms. The molecule has 2 N–H and O–H groups in total. The highest BCUT2D eigenvalue weighted by Crippen LogP contribution is 2.15. The normalized spacial score (nSPS) is 15.8. The maximum Gasteiger partial charge on any atom is 0.191 e. The van der Waals surface area contributed by atoms with Crippen LogP contribution in [-0.4, -0.2) is 49.1 Å². The first-order valence-electron chi connectivity index (χ1n) is 10.4. The molecule has 0 amide bonds. The maximum absolute atomic E-state index is 4.42. The predicted molar refractivity (Wildman–Crippen MR) is 114 cm³/mol. The first-order chi connectivity index (χ1) is 13.4. The van der Waals surface area contributed by atoms with E-state index in [9.17, 15) is 0 Å². The van der Waals surface area contributed by atoms with Crippen molar-refractivity contribution < 1.29 is 0 Å². The third-order valence-corrected chi connectivity index (χ3v) is 5.30. The molecular weight excluding hydrogens is 334 g/mol. The lowest BCUT2D eigenvalue weighted by atomic mass is 10.1. The highest BCUT2D eigenvalue weighted by atomic mass is 15.2. The van der Waals surface area contributed by atoms with Crippen molar-refractivity contribution in [2.45, 2.75) is 45.1 Å². The number of fused-ring (bicyclic) bond motifs is 1. The van der Waals surface area contributed by atoms with Gasteiger partial charge in [0.1, 0.15) is 0 Å². The molecule has 1 aliphatic rings. The van der Waals surface area contributed by atoms with Crippen LogP contribution in [0, 0.1) is 0 Å². The number of nitrogens with one attached hydrogen (secondary N) is 2. The smallest absolute Gasteiger partial charge is 0.191 e. The quantitative estimate of drug-likeness (QED) is 0.426. The van der Waals surface area contributed by atoms with Gasteiger partial charge in [-0.3, -0.25) is 9.98 Å². The number of piperidine rings is 1. The standard InChI is InChI=1S/C22H33N5/c1-23-22(25-13-6-2-7-15-27-16-8-3-9-17-27)26-18-19-12-14-24-21-11-5-4-10-20(19)21/h4-5,10-12,14H,2-3,6-9,13,15-18H2,1H3,(H2,23,25,26). The minimum absolute atomic E-state index is 0.748. The van der Waals surface area contributed by atoms with Gasteiger partial charge in [-0.1, -0.05) is 31.0 Å². The minimum atomic E-state index is 0.748. The number of unbranched alkanes of at least 4 members (excludes halogenated alkanes) is 2. The van der Waals surface area contributed by atoms with Crippen LogP contribution in [0.1, 0.15) is 44.1 Å². The lowest BCUT2D eigenvalue weighted by Gasteiger charge is -2.26. The fraction of sp³-hybridized carbons (Fsp3) is 0.545. The van der Waals surface area contributed by atoms with Gasteiger partial charge in [-0.25, -0.2) is 0 Å². The van der Waals surface area contributed by atoms with Crippen LogP contribution in [0.15, 0.2) is 41.5 Å². The Morgan fingerprint density at radius 2 is 1.89 bits per heavy atom. The average molecular weight is 368 g/mol. The molecule has 27 heavy (non-hydrogen) atoms. The van der Waals surface area contributed by atoms with E-state index in [2.05, 4.69) is 49.8 Å². The molecular formula is C22H33N5. The summed E-state index contributed by atoms with van der Waals surface area (Å²) in [7, 11) is 1.83. The lowest BCUT2D eigenvalue weighted by Crippen LogP contribution is -2.37. The van der Waals surface area contributed by atoms with Gasteiger partial charge in [0.2, 0.25) is 0 Å². The van der Waals surface area contributed by atoms with Gasteiger partial charge >= 0.3 is 0 Å². The van der Waals surface area contributed by atoms with Crippen molar-refractivity contribution in [3.8, 4) is 0 Å². The number of rotatable bonds is 8. The van der Waals surface area contributed by atoms with Crippen LogP contribution >= 0.6 is 0 Å². The zero-order chi connectivity index (χ0) is 18.7. The molecule has 0 aliphatic carbocycles. The maximum atomic E-state index is 4.42. The lowest BCUT2D eigenvalue weighted by molar-refractivity contribution is 0.224. The van der Waals surface area contributed by atoms with E-state index < -0.39 is 0 Å². The molecule has 3 rings (SSSR count). The second-order valence-electron chi connectivity index (χ2n) is 7.30. The first-order valence-corrected chi connectivity index (χ1v) is 10.4. The van der Waals surface area contributed by atoms with Crippen molar-refractivity contribution in [1.82, 2.24) is 20.5 Å². The molecule has 2 aromatic rings. The van der Waals surface area contributed by atoms with E-state index in [0.29, 0.717) is 0 Å². The monoisotopic (exact) mass is 367 g/mol. The molecule has 0 saturated carbocycles. The zero-order valence-electron chi connectivity index (χ0n) is 16.6. The summed E-state index contributed by atoms with van der Waals surface area (Å²) in [5.41, 5.74) is 2.28. The Hall–Kier alpha value is -2.14. The van der Waals surface area contributed by atoms with Gasteiger partial charge in [-0.05, 0) is 63.0 Å². The van der Waals surface area contributed by atoms with Crippen LogP contribution < -0.4 is 10.6 Å². The Morgan fingerprint density at radius 3 is 2.74 bits per heavy atom. The number of benzene rings is 1. The Balaban J connectivity index is 1.34. The van der Waals surface area contributed by atoms with Crippen LogP contribution in [0.5, 0.6) is 0 Å². The summed E-state index contributed by atoms with van der Waals surface area (Å²) < 4.78 is 0. The number of guanidine groups is 1. The van der Waals surface area contributed by atoms with Crippen molar-refractivity contribution in [2.75, 3.05) is 33.2 Å². The number of hydrogen-bond acceptors (Lipinski definition) is 3. The third kappa shape index (κ3) is 6.21. The Morgan fingerprint density at radius 1 is 1.04 bits per heavy atom. The highest BCUT2D eigenvalue weighted by Gasteiger charge is 2.08. The number of pyridine rings is 1. The van der Waals surface area contributed by atoms with Gasteiger partial charge in [0, 0.05) is 31.7 Å². The molecule has 0 spiro atoms. The van der Waals surface area contributed by atoms with Gasteiger partial charge in [-0.2, -0.15) is 0 Å². The molecule has 5 heteroatoms. The van der Waals surface area contributed by atoms with Crippen LogP contribution in [0.2, 0.25) is 0 Å². The van der Waals surface area contributed by atoms with Crippen LogP contribution in [0.3, 0.4) is 0 Å². The van der Waals surface area contributed by atoms with E-state index in [-0.39, 0.29) is 0 Å². The molecule has 1 aliphatic heterocycles. The summed E-state index contributed by atoms with van der Waals surface area (Å²) in [6, 6.07) is 10.3. The number of nitrogens with zero attached hydrogens (tertiary/aromatic N) is 3. The Bertz CT molecular complexity index is 716. The molecule has 1 aromatic carbocycles. The summed E-state index contributed by atoms with van der Waals surface area (Å²) in [6.45, 7) is 5.59. The van der Waals surface area contributed by atoms with Crippen molar-refractivity contribution in [1.29, 1.82) is 0 Å². The molecule has 2 heterocycles. The molecule has 146 valence electrons. The van der Waals surface area contributed by atoms with Gasteiger partial charge in [0.15, 0.2) is 5.96 Å². The largest absolute Gasteiger partial charge is 0.356 e. The van der Waals surface area contributed by atoms with Crippen molar-refractivity contribution in [3.63, 3.8) is 0 Å². The molecule has 1 aromatic heterocycles. The Labute approximate surface area is 163 Å². The Kier molecular flexibility index (Phi) is 7.90. The van der Waals surface area contributed by atoms with E-state index in [1.54, 1.807) is 0 Å². The number of hydrogen-bond donors (Lipinski definition) is 2. The molecule has 5 nitrogen and oxygen atoms in total. The van der Waals surface area contributed by atoms with Crippen molar-refractivity contribution in [3.05, 3.63) is 42.1 Å². The van der Waals surface area contributed by atoms with E-state index in [4.69, 9.17) is 0 Å². The van der Waals surface area contributed by atoms with Gasteiger partial charge in [0.25, 0.3) is 0 Å². The average Bonchev–Trinajstić information content (AvgIpc) is 2.73. The zero-order valence-corrected chi connectivity index (χ0v) is 16.6. The first kappa shape index (κ1) is 19.6. The van der Waals surface area contributed by atoms with E-state index in [1.165, 1.54) is 69.1 Å². The van der Waals surface area contributed by atoms with Crippen LogP contribution in [-0.2, 0) is 6.54 Å². The summed E-state index contributed by atoms with van der Waals surface area (Å²) in [6.07, 6.45) is 9.82. The second kappa shape index (κ2) is 10.9. The summed E-state index contributed by atoms with van der Waals surface area (Å²) in [5, 5.41) is 8.05. The number of para-hydroxylation sites is 1. The van der Waals surface area contributed by atoms with Crippen molar-refractivity contribution in [2.24, 2.45) is 4.99 Å². The summed E-state index contributed by atoms with van der Waals surface area (Å²) in [4.78, 5) is 11.4. The molecule has 1 saturated heterocycles. The van der Waals surface area contributed by atoms with E-state index in [1.807, 2.05) is 19.3 Å². The summed E-state index contributed by atoms with van der Waals surface area (Å²) >= 11 is 0. The molecule has 0 unspecified atom stereocenters. The van der Waals surface area contributed by atoms with Gasteiger partial charge in [0.05, 0.1) is 5.52 Å². The van der Waals surface area contributed by atoms with Gasteiger partial charge in [-0.15, -0.1) is 0 Å². The third-order valence-electron chi connectivity index (χ3n) is 5.30. The number of aliphatic imine (C=N–C) groups is 1. The van der Waals surface area contributed by atoms with E-state index >= 15 is 0 Å². The van der Waals surface area contributed by atoms with Crippen LogP contribution in [0.25, 0.3) is 10.9 Å². The topological polar surface area (TPSA) is 52.6 Å². The molecule has 0 atom stereocenters. The number of likely N-dealkylation sites (tertiary alicyclic amines) is 1. The fourth-order valence-corrected chi connectivity index (χ4v) is 3.74. The minimum Gasteiger partial charge on any atom is -0.356 e. The van der Waals surface area contributed by atoms with E-state index in [0.717, 1.165) is 24.6 Å².